The summed E-state index contributed by atoms with van der Waals surface area (Å²) < 4.78 is 7.21. The van der Waals surface area contributed by atoms with Gasteiger partial charge in [0.1, 0.15) is 5.76 Å². The Hall–Kier alpha value is -2.63. The summed E-state index contributed by atoms with van der Waals surface area (Å²) in [5, 5.41) is 6.85. The smallest absolute Gasteiger partial charge is 0.280 e. The van der Waals surface area contributed by atoms with Crippen LogP contribution >= 0.6 is 0 Å². The van der Waals surface area contributed by atoms with Crippen molar-refractivity contribution >= 4 is 22.9 Å². The van der Waals surface area contributed by atoms with Crippen molar-refractivity contribution < 1.29 is 9.32 Å². The van der Waals surface area contributed by atoms with E-state index in [0.29, 0.717) is 17.6 Å². The van der Waals surface area contributed by atoms with Gasteiger partial charge in [-0.25, -0.2) is 4.98 Å². The van der Waals surface area contributed by atoms with E-state index in [-0.39, 0.29) is 5.91 Å². The van der Waals surface area contributed by atoms with Crippen LogP contribution in [-0.2, 0) is 19.9 Å². The number of hydrogen-bond donors (Lipinski definition) is 1. The average Bonchev–Trinajstić information content (AvgIpc) is 3.09. The summed E-state index contributed by atoms with van der Waals surface area (Å²) in [5.74, 6) is 1.64. The molecule has 1 aliphatic rings. The first-order valence-corrected chi connectivity index (χ1v) is 7.83. The third kappa shape index (κ3) is 2.30. The molecule has 0 fully saturated rings. The number of para-hydroxylation sites is 2. The van der Waals surface area contributed by atoms with Crippen LogP contribution in [-0.4, -0.2) is 20.6 Å². The molecule has 0 saturated carbocycles. The zero-order valence-electron chi connectivity index (χ0n) is 13.2. The largest absolute Gasteiger partial charge is 0.360 e. The molecule has 0 spiro atoms. The zero-order valence-corrected chi connectivity index (χ0v) is 13.2. The Morgan fingerprint density at radius 1 is 1.39 bits per heavy atom. The number of imidazole rings is 1. The first kappa shape index (κ1) is 14.0. The summed E-state index contributed by atoms with van der Waals surface area (Å²) in [5.41, 5.74) is 3.15. The molecule has 2 heterocycles. The highest BCUT2D eigenvalue weighted by Crippen LogP contribution is 2.28. The van der Waals surface area contributed by atoms with Crippen LogP contribution in [0, 0.1) is 5.92 Å². The van der Waals surface area contributed by atoms with E-state index in [1.165, 1.54) is 0 Å². The average molecular weight is 310 g/mol. The molecule has 1 atom stereocenters. The highest BCUT2D eigenvalue weighted by Gasteiger charge is 2.27. The third-order valence-electron chi connectivity index (χ3n) is 4.51. The Morgan fingerprint density at radius 3 is 3.04 bits per heavy atom. The fourth-order valence-electron chi connectivity index (χ4n) is 3.17. The fourth-order valence-corrected chi connectivity index (χ4v) is 3.17. The van der Waals surface area contributed by atoms with Crippen molar-refractivity contribution in [3.63, 3.8) is 0 Å². The second kappa shape index (κ2) is 5.22. The lowest BCUT2D eigenvalue weighted by Gasteiger charge is -2.16. The maximum absolute atomic E-state index is 12.6. The topological polar surface area (TPSA) is 73.0 Å². The summed E-state index contributed by atoms with van der Waals surface area (Å²) >= 11 is 0. The molecule has 0 unspecified atom stereocenters. The minimum atomic E-state index is -0.262. The number of amides is 1. The SMILES string of the molecule is C[C@H]1CCc2onc(C(=O)Nc3nc4ccccc4n3C)c2C1. The van der Waals surface area contributed by atoms with Crippen molar-refractivity contribution in [1.29, 1.82) is 0 Å². The van der Waals surface area contributed by atoms with Gasteiger partial charge >= 0.3 is 0 Å². The monoisotopic (exact) mass is 310 g/mol. The lowest BCUT2D eigenvalue weighted by molar-refractivity contribution is 0.101. The van der Waals surface area contributed by atoms with E-state index in [1.807, 2.05) is 35.9 Å². The number of hydrogen-bond acceptors (Lipinski definition) is 4. The Labute approximate surface area is 133 Å². The number of benzene rings is 1. The Bertz CT molecular complexity index is 893. The van der Waals surface area contributed by atoms with Gasteiger partial charge < -0.3 is 9.09 Å². The predicted molar refractivity (Wildman–Crippen MR) is 86.4 cm³/mol. The molecule has 118 valence electrons. The van der Waals surface area contributed by atoms with Crippen LogP contribution in [0.2, 0.25) is 0 Å². The van der Waals surface area contributed by atoms with Crippen molar-refractivity contribution in [3.8, 4) is 0 Å². The molecule has 0 aliphatic heterocycles. The summed E-state index contributed by atoms with van der Waals surface area (Å²) in [6, 6.07) is 7.77. The highest BCUT2D eigenvalue weighted by molar-refractivity contribution is 6.03. The van der Waals surface area contributed by atoms with Gasteiger partial charge in [0.05, 0.1) is 11.0 Å². The molecule has 2 aromatic heterocycles. The van der Waals surface area contributed by atoms with Crippen LogP contribution in [0.3, 0.4) is 0 Å². The molecule has 4 rings (SSSR count). The number of nitrogens with one attached hydrogen (secondary N) is 1. The number of fused-ring (bicyclic) bond motifs is 2. The van der Waals surface area contributed by atoms with Crippen LogP contribution in [0.15, 0.2) is 28.8 Å². The van der Waals surface area contributed by atoms with Crippen LogP contribution in [0.5, 0.6) is 0 Å². The van der Waals surface area contributed by atoms with Gasteiger partial charge in [-0.3, -0.25) is 10.1 Å². The molecule has 0 bridgehead atoms. The Balaban J connectivity index is 1.65. The van der Waals surface area contributed by atoms with E-state index in [1.54, 1.807) is 0 Å². The van der Waals surface area contributed by atoms with Crippen molar-refractivity contribution in [2.45, 2.75) is 26.2 Å². The Kier molecular flexibility index (Phi) is 3.18. The molecule has 6 heteroatoms. The molecule has 0 saturated heterocycles. The van der Waals surface area contributed by atoms with E-state index >= 15 is 0 Å². The number of aryl methyl sites for hydroxylation is 2. The number of rotatable bonds is 2. The van der Waals surface area contributed by atoms with Gasteiger partial charge in [-0.15, -0.1) is 0 Å². The summed E-state index contributed by atoms with van der Waals surface area (Å²) in [6.07, 6.45) is 2.77. The maximum atomic E-state index is 12.6. The first-order valence-electron chi connectivity index (χ1n) is 7.83. The molecule has 3 aromatic rings. The molecule has 0 radical (unpaired) electrons. The maximum Gasteiger partial charge on any atom is 0.280 e. The number of aromatic nitrogens is 3. The number of anilines is 1. The van der Waals surface area contributed by atoms with Gasteiger partial charge in [0.15, 0.2) is 5.69 Å². The lowest BCUT2D eigenvalue weighted by Crippen LogP contribution is -2.19. The quantitative estimate of drug-likeness (QED) is 0.790. The van der Waals surface area contributed by atoms with Crippen LogP contribution < -0.4 is 5.32 Å². The second-order valence-corrected chi connectivity index (χ2v) is 6.22. The van der Waals surface area contributed by atoms with E-state index in [4.69, 9.17) is 4.52 Å². The van der Waals surface area contributed by atoms with E-state index in [0.717, 1.165) is 41.6 Å². The Morgan fingerprint density at radius 2 is 2.22 bits per heavy atom. The van der Waals surface area contributed by atoms with Gasteiger partial charge in [-0.1, -0.05) is 24.2 Å². The molecule has 6 nitrogen and oxygen atoms in total. The molecule has 1 aliphatic carbocycles. The second-order valence-electron chi connectivity index (χ2n) is 6.22. The fraction of sp³-hybridized carbons (Fsp3) is 0.353. The molecule has 1 aromatic carbocycles. The number of carbonyl (C=O) groups is 1. The van der Waals surface area contributed by atoms with E-state index in [9.17, 15) is 4.79 Å². The van der Waals surface area contributed by atoms with Gasteiger partial charge in [-0.05, 0) is 30.9 Å². The predicted octanol–water partition coefficient (Wildman–Crippen LogP) is 2.94. The molecular weight excluding hydrogens is 292 g/mol. The van der Waals surface area contributed by atoms with Crippen LogP contribution in [0.4, 0.5) is 5.95 Å². The van der Waals surface area contributed by atoms with E-state index in [2.05, 4.69) is 22.4 Å². The summed E-state index contributed by atoms with van der Waals surface area (Å²) in [6.45, 7) is 2.18. The molecular formula is C17H18N4O2. The van der Waals surface area contributed by atoms with Gasteiger partial charge in [0.2, 0.25) is 5.95 Å². The molecule has 1 N–H and O–H groups in total. The van der Waals surface area contributed by atoms with Crippen molar-refractivity contribution in [3.05, 3.63) is 41.3 Å². The number of carbonyl (C=O) groups excluding carboxylic acids is 1. The van der Waals surface area contributed by atoms with Crippen molar-refractivity contribution in [2.75, 3.05) is 5.32 Å². The zero-order chi connectivity index (χ0) is 16.0. The highest BCUT2D eigenvalue weighted by atomic mass is 16.5. The van der Waals surface area contributed by atoms with Gasteiger partial charge in [-0.2, -0.15) is 0 Å². The minimum Gasteiger partial charge on any atom is -0.360 e. The molecule has 1 amide bonds. The lowest BCUT2D eigenvalue weighted by atomic mass is 9.88. The van der Waals surface area contributed by atoms with Gasteiger partial charge in [0.25, 0.3) is 5.91 Å². The normalized spacial score (nSPS) is 17.2. The summed E-state index contributed by atoms with van der Waals surface area (Å²) in [4.78, 5) is 17.1. The minimum absolute atomic E-state index is 0.262. The van der Waals surface area contributed by atoms with E-state index < -0.39 is 0 Å². The summed E-state index contributed by atoms with van der Waals surface area (Å²) in [7, 11) is 1.88. The third-order valence-corrected chi connectivity index (χ3v) is 4.51. The van der Waals surface area contributed by atoms with Crippen LogP contribution in [0.1, 0.15) is 35.2 Å². The first-order chi connectivity index (χ1) is 11.1. The van der Waals surface area contributed by atoms with Crippen LogP contribution in [0.25, 0.3) is 11.0 Å². The number of nitrogens with zero attached hydrogens (tertiary/aromatic N) is 3. The molecule has 23 heavy (non-hydrogen) atoms. The van der Waals surface area contributed by atoms with Crippen molar-refractivity contribution in [2.24, 2.45) is 13.0 Å². The van der Waals surface area contributed by atoms with Gasteiger partial charge in [0, 0.05) is 19.0 Å². The standard InChI is InChI=1S/C17H18N4O2/c1-10-7-8-14-11(9-10)15(20-23-14)16(22)19-17-18-12-5-3-4-6-13(12)21(17)2/h3-6,10H,7-9H2,1-2H3,(H,18,19,22)/t10-/m0/s1. The van der Waals surface area contributed by atoms with Crippen molar-refractivity contribution in [1.82, 2.24) is 14.7 Å².